The van der Waals surface area contributed by atoms with Crippen LogP contribution >= 0.6 is 0 Å². The third kappa shape index (κ3) is 7.53. The SMILES string of the molecule is C=C(C)C(=O)Oc1ccc(-c2ccc(N(c3ccc(-c4ccc5c(c4)c4ccccc4n5-c4ccccc4)cc3)c3ccc(-c4ccc5c(c4)c4ccccc4n5-c4ccccc4)cc3)cc2)cc1. The molecule has 0 saturated heterocycles. The number of esters is 1. The molecule has 0 bridgehead atoms. The Morgan fingerprint density at radius 1 is 0.377 bits per heavy atom. The number of nitrogens with zero attached hydrogens (tertiary/aromatic N) is 3. The molecule has 0 aliphatic heterocycles. The summed E-state index contributed by atoms with van der Waals surface area (Å²) in [6, 6.07) is 86.1. The van der Waals surface area contributed by atoms with Gasteiger partial charge < -0.3 is 18.8 Å². The minimum Gasteiger partial charge on any atom is -0.423 e. The van der Waals surface area contributed by atoms with E-state index in [-0.39, 0.29) is 0 Å². The van der Waals surface area contributed by atoms with Gasteiger partial charge in [-0.05, 0) is 149 Å². The van der Waals surface area contributed by atoms with Crippen molar-refractivity contribution < 1.29 is 9.53 Å². The zero-order chi connectivity index (χ0) is 46.4. The number of carbonyl (C=O) groups is 1. The number of hydrogen-bond acceptors (Lipinski definition) is 3. The number of para-hydroxylation sites is 4. The van der Waals surface area contributed by atoms with E-state index in [2.05, 4.69) is 239 Å². The molecule has 0 fully saturated rings. The molecular weight excluding hydrogens is 843 g/mol. The van der Waals surface area contributed by atoms with E-state index in [1.807, 2.05) is 24.3 Å². The molecule has 0 saturated carbocycles. The molecule has 0 atom stereocenters. The zero-order valence-corrected chi connectivity index (χ0v) is 38.0. The standard InChI is InChI=1S/C64H45N3O2/c1-43(2)64(68)69-55-37-27-45(28-38-55)44-21-31-52(32-22-44)65(53-33-23-46(24-34-53)48-29-39-62-58(41-48)56-17-9-11-19-60(56)66(62)50-13-5-3-6-14-50)54-35-25-47(26-36-54)49-30-40-63-59(42-49)57-18-10-12-20-61(57)67(63)51-15-7-4-8-16-51/h3-42H,1H2,2H3. The second-order valence-electron chi connectivity index (χ2n) is 17.5. The topological polar surface area (TPSA) is 39.4 Å². The Labute approximate surface area is 400 Å². The number of benzene rings is 10. The number of aromatic nitrogens is 2. The smallest absolute Gasteiger partial charge is 0.338 e. The van der Waals surface area contributed by atoms with Gasteiger partial charge >= 0.3 is 5.97 Å². The van der Waals surface area contributed by atoms with Gasteiger partial charge in [-0.2, -0.15) is 0 Å². The van der Waals surface area contributed by atoms with Crippen molar-refractivity contribution in [1.29, 1.82) is 0 Å². The van der Waals surface area contributed by atoms with E-state index in [0.717, 1.165) is 61.8 Å². The van der Waals surface area contributed by atoms with Crippen LogP contribution in [-0.4, -0.2) is 15.1 Å². The van der Waals surface area contributed by atoms with E-state index in [4.69, 9.17) is 4.74 Å². The number of ether oxygens (including phenoxy) is 1. The second-order valence-corrected chi connectivity index (χ2v) is 17.5. The van der Waals surface area contributed by atoms with Gasteiger partial charge in [-0.1, -0.05) is 140 Å². The van der Waals surface area contributed by atoms with Crippen molar-refractivity contribution in [2.24, 2.45) is 0 Å². The first-order valence-corrected chi connectivity index (χ1v) is 23.2. The molecule has 0 aliphatic rings. The monoisotopic (exact) mass is 887 g/mol. The summed E-state index contributed by atoms with van der Waals surface area (Å²) in [4.78, 5) is 14.4. The van der Waals surface area contributed by atoms with Crippen molar-refractivity contribution in [3.63, 3.8) is 0 Å². The van der Waals surface area contributed by atoms with Crippen molar-refractivity contribution in [3.05, 3.63) is 255 Å². The molecule has 0 radical (unpaired) electrons. The molecule has 0 unspecified atom stereocenters. The fraction of sp³-hybridized carbons (Fsp3) is 0.0156. The number of rotatable bonds is 10. The third-order valence-corrected chi connectivity index (χ3v) is 13.2. The molecule has 10 aromatic carbocycles. The molecule has 328 valence electrons. The molecule has 2 aromatic heterocycles. The molecule has 0 spiro atoms. The Balaban J connectivity index is 0.905. The molecule has 69 heavy (non-hydrogen) atoms. The lowest BCUT2D eigenvalue weighted by Crippen LogP contribution is -2.09. The highest BCUT2D eigenvalue weighted by atomic mass is 16.5. The predicted octanol–water partition coefficient (Wildman–Crippen LogP) is 16.8. The highest BCUT2D eigenvalue weighted by Gasteiger charge is 2.18. The van der Waals surface area contributed by atoms with Crippen LogP contribution < -0.4 is 9.64 Å². The average Bonchev–Trinajstić information content (AvgIpc) is 3.92. The van der Waals surface area contributed by atoms with E-state index in [1.54, 1.807) is 6.92 Å². The van der Waals surface area contributed by atoms with Crippen molar-refractivity contribution >= 4 is 66.6 Å². The van der Waals surface area contributed by atoms with Crippen LogP contribution in [0.25, 0.3) is 88.4 Å². The first-order valence-electron chi connectivity index (χ1n) is 23.2. The highest BCUT2D eigenvalue weighted by Crippen LogP contribution is 2.41. The van der Waals surface area contributed by atoms with Gasteiger partial charge in [0, 0.05) is 55.6 Å². The number of fused-ring (bicyclic) bond motifs is 6. The number of anilines is 3. The van der Waals surface area contributed by atoms with Gasteiger partial charge in [0.05, 0.1) is 22.1 Å². The molecule has 0 amide bonds. The summed E-state index contributed by atoms with van der Waals surface area (Å²) in [5, 5.41) is 4.91. The molecule has 5 nitrogen and oxygen atoms in total. The van der Waals surface area contributed by atoms with Crippen LogP contribution in [0.3, 0.4) is 0 Å². The summed E-state index contributed by atoms with van der Waals surface area (Å²) in [5.41, 5.74) is 17.2. The molecule has 0 aliphatic carbocycles. The Hall–Kier alpha value is -9.19. The molecule has 2 heterocycles. The molecule has 0 N–H and O–H groups in total. The van der Waals surface area contributed by atoms with Crippen molar-refractivity contribution in [1.82, 2.24) is 9.13 Å². The minimum atomic E-state index is -0.435. The maximum absolute atomic E-state index is 12.1. The van der Waals surface area contributed by atoms with Crippen LogP contribution in [0.5, 0.6) is 5.75 Å². The van der Waals surface area contributed by atoms with Gasteiger partial charge in [-0.15, -0.1) is 0 Å². The maximum atomic E-state index is 12.1. The molecule has 12 aromatic rings. The van der Waals surface area contributed by atoms with Crippen LogP contribution in [0.2, 0.25) is 0 Å². The quantitative estimate of drug-likeness (QED) is 0.0780. The summed E-state index contributed by atoms with van der Waals surface area (Å²) in [5.74, 6) is 0.0499. The van der Waals surface area contributed by atoms with Crippen molar-refractivity contribution in [2.75, 3.05) is 4.90 Å². The largest absolute Gasteiger partial charge is 0.423 e. The van der Waals surface area contributed by atoms with Gasteiger partial charge in [0.25, 0.3) is 0 Å². The fourth-order valence-electron chi connectivity index (χ4n) is 9.78. The predicted molar refractivity (Wildman–Crippen MR) is 287 cm³/mol. The summed E-state index contributed by atoms with van der Waals surface area (Å²) >= 11 is 0. The third-order valence-electron chi connectivity index (χ3n) is 13.2. The van der Waals surface area contributed by atoms with E-state index < -0.39 is 5.97 Å². The van der Waals surface area contributed by atoms with E-state index in [1.165, 1.54) is 43.6 Å². The first-order chi connectivity index (χ1) is 33.9. The van der Waals surface area contributed by atoms with Gasteiger partial charge in [0.2, 0.25) is 0 Å². The lowest BCUT2D eigenvalue weighted by Gasteiger charge is -2.26. The normalized spacial score (nSPS) is 11.4. The van der Waals surface area contributed by atoms with E-state index in [9.17, 15) is 4.79 Å². The minimum absolute atomic E-state index is 0.360. The van der Waals surface area contributed by atoms with E-state index >= 15 is 0 Å². The fourth-order valence-corrected chi connectivity index (χ4v) is 9.78. The van der Waals surface area contributed by atoms with E-state index in [0.29, 0.717) is 11.3 Å². The summed E-state index contributed by atoms with van der Waals surface area (Å²) in [7, 11) is 0. The Bertz CT molecular complexity index is 3670. The second kappa shape index (κ2) is 17.2. The highest BCUT2D eigenvalue weighted by molar-refractivity contribution is 6.11. The lowest BCUT2D eigenvalue weighted by molar-refractivity contribution is -0.130. The van der Waals surface area contributed by atoms with Gasteiger partial charge in [0.1, 0.15) is 5.75 Å². The Morgan fingerprint density at radius 3 is 1.12 bits per heavy atom. The van der Waals surface area contributed by atoms with Gasteiger partial charge in [-0.3, -0.25) is 0 Å². The Kier molecular flexibility index (Phi) is 10.3. The summed E-state index contributed by atoms with van der Waals surface area (Å²) < 4.78 is 10.2. The number of hydrogen-bond donors (Lipinski definition) is 0. The first kappa shape index (κ1) is 41.3. The van der Waals surface area contributed by atoms with Crippen LogP contribution in [0.15, 0.2) is 255 Å². The number of carbonyl (C=O) groups excluding carboxylic acids is 1. The van der Waals surface area contributed by atoms with Crippen LogP contribution in [0, 0.1) is 0 Å². The average molecular weight is 888 g/mol. The molecule has 5 heteroatoms. The van der Waals surface area contributed by atoms with Gasteiger partial charge in [0.15, 0.2) is 0 Å². The Morgan fingerprint density at radius 2 is 0.710 bits per heavy atom. The lowest BCUT2D eigenvalue weighted by atomic mass is 10.0. The van der Waals surface area contributed by atoms with Crippen LogP contribution in [-0.2, 0) is 4.79 Å². The van der Waals surface area contributed by atoms with Gasteiger partial charge in [-0.25, -0.2) is 4.79 Å². The summed E-state index contributed by atoms with van der Waals surface area (Å²) in [6.07, 6.45) is 0. The van der Waals surface area contributed by atoms with Crippen molar-refractivity contribution in [2.45, 2.75) is 6.92 Å². The van der Waals surface area contributed by atoms with Crippen LogP contribution in [0.1, 0.15) is 6.92 Å². The van der Waals surface area contributed by atoms with Crippen LogP contribution in [0.4, 0.5) is 17.1 Å². The zero-order valence-electron chi connectivity index (χ0n) is 38.0. The summed E-state index contributed by atoms with van der Waals surface area (Å²) in [6.45, 7) is 5.34. The molecule has 12 rings (SSSR count). The maximum Gasteiger partial charge on any atom is 0.338 e. The van der Waals surface area contributed by atoms with Crippen molar-refractivity contribution in [3.8, 4) is 50.5 Å². The molecular formula is C64H45N3O2.